The average Bonchev–Trinajstić information content (AvgIpc) is 3.40. The van der Waals surface area contributed by atoms with E-state index in [1.54, 1.807) is 18.0 Å². The second-order valence-corrected chi connectivity index (χ2v) is 8.36. The SMILES string of the molecule is COc1ccc(C)cc1NC(=O)c1cn(-c2ccc(-c3noc(C4CCC4)n3)cc2)nc1C. The van der Waals surface area contributed by atoms with Gasteiger partial charge < -0.3 is 14.6 Å². The molecule has 8 nitrogen and oxygen atoms in total. The predicted octanol–water partition coefficient (Wildman–Crippen LogP) is 5.07. The van der Waals surface area contributed by atoms with Crippen LogP contribution in [0.2, 0.25) is 0 Å². The van der Waals surface area contributed by atoms with E-state index in [-0.39, 0.29) is 5.91 Å². The van der Waals surface area contributed by atoms with Crippen LogP contribution in [-0.2, 0) is 0 Å². The molecule has 4 aromatic rings. The molecule has 2 heterocycles. The third-order valence-electron chi connectivity index (χ3n) is 6.03. The fraction of sp³-hybridized carbons (Fsp3) is 0.280. The van der Waals surface area contributed by atoms with Gasteiger partial charge in [0.05, 0.1) is 29.7 Å². The smallest absolute Gasteiger partial charge is 0.259 e. The molecule has 0 radical (unpaired) electrons. The Kier molecular flexibility index (Phi) is 5.42. The van der Waals surface area contributed by atoms with Crippen molar-refractivity contribution in [2.75, 3.05) is 12.4 Å². The van der Waals surface area contributed by atoms with Gasteiger partial charge in [-0.2, -0.15) is 10.1 Å². The average molecular weight is 444 g/mol. The van der Waals surface area contributed by atoms with Crippen LogP contribution in [0.5, 0.6) is 5.75 Å². The Labute approximate surface area is 191 Å². The highest BCUT2D eigenvalue weighted by atomic mass is 16.5. The van der Waals surface area contributed by atoms with E-state index < -0.39 is 0 Å². The Morgan fingerprint density at radius 3 is 2.64 bits per heavy atom. The van der Waals surface area contributed by atoms with Gasteiger partial charge in [-0.05, 0) is 68.7 Å². The lowest BCUT2D eigenvalue weighted by molar-refractivity contribution is 0.102. The fourth-order valence-corrected chi connectivity index (χ4v) is 3.86. The number of anilines is 1. The molecule has 0 saturated heterocycles. The Bertz CT molecular complexity index is 1300. The number of ether oxygens (including phenoxy) is 1. The molecule has 0 unspecified atom stereocenters. The normalized spacial score (nSPS) is 13.5. The number of amides is 1. The minimum atomic E-state index is -0.241. The molecule has 0 aliphatic heterocycles. The van der Waals surface area contributed by atoms with Crippen LogP contribution >= 0.6 is 0 Å². The molecule has 1 fully saturated rings. The first-order valence-corrected chi connectivity index (χ1v) is 11.0. The monoisotopic (exact) mass is 443 g/mol. The van der Waals surface area contributed by atoms with E-state index in [1.165, 1.54) is 6.42 Å². The number of carbonyl (C=O) groups excluding carboxylic acids is 1. The van der Waals surface area contributed by atoms with Crippen LogP contribution in [0.3, 0.4) is 0 Å². The number of hydrogen-bond donors (Lipinski definition) is 1. The lowest BCUT2D eigenvalue weighted by Gasteiger charge is -2.20. The molecular formula is C25H25N5O3. The minimum absolute atomic E-state index is 0.241. The molecule has 0 bridgehead atoms. The van der Waals surface area contributed by atoms with Crippen molar-refractivity contribution in [3.05, 3.63) is 71.4 Å². The number of hydrogen-bond acceptors (Lipinski definition) is 6. The van der Waals surface area contributed by atoms with E-state index in [0.29, 0.717) is 34.4 Å². The summed E-state index contributed by atoms with van der Waals surface area (Å²) < 4.78 is 12.5. The van der Waals surface area contributed by atoms with Crippen LogP contribution in [-0.4, -0.2) is 32.9 Å². The standard InChI is InChI=1S/C25H25N5O3/c1-15-7-12-22(32-3)21(13-15)26-24(31)20-14-30(28-16(20)2)19-10-8-17(9-11-19)23-27-25(33-29-23)18-5-4-6-18/h7-14,18H,4-6H2,1-3H3,(H,26,31). The topological polar surface area (TPSA) is 95.1 Å². The highest BCUT2D eigenvalue weighted by Gasteiger charge is 2.25. The van der Waals surface area contributed by atoms with Crippen LogP contribution in [0.25, 0.3) is 17.1 Å². The van der Waals surface area contributed by atoms with Gasteiger partial charge in [0.15, 0.2) is 0 Å². The third kappa shape index (κ3) is 4.11. The molecule has 0 atom stereocenters. The van der Waals surface area contributed by atoms with Crippen LogP contribution in [0.15, 0.2) is 53.2 Å². The maximum Gasteiger partial charge on any atom is 0.259 e. The van der Waals surface area contributed by atoms with Gasteiger partial charge in [0, 0.05) is 17.7 Å². The first-order chi connectivity index (χ1) is 16.0. The van der Waals surface area contributed by atoms with E-state index in [0.717, 1.165) is 35.5 Å². The Morgan fingerprint density at radius 2 is 1.94 bits per heavy atom. The quantitative estimate of drug-likeness (QED) is 0.447. The van der Waals surface area contributed by atoms with Gasteiger partial charge in [-0.3, -0.25) is 4.79 Å². The highest BCUT2D eigenvalue weighted by Crippen LogP contribution is 2.36. The molecule has 2 aromatic heterocycles. The van der Waals surface area contributed by atoms with Gasteiger partial charge >= 0.3 is 0 Å². The molecule has 1 amide bonds. The van der Waals surface area contributed by atoms with Crippen LogP contribution < -0.4 is 10.1 Å². The number of nitrogens with one attached hydrogen (secondary N) is 1. The zero-order valence-corrected chi connectivity index (χ0v) is 18.8. The van der Waals surface area contributed by atoms with Crippen molar-refractivity contribution in [3.63, 3.8) is 0 Å². The summed E-state index contributed by atoms with van der Waals surface area (Å²) in [4.78, 5) is 17.5. The minimum Gasteiger partial charge on any atom is -0.495 e. The van der Waals surface area contributed by atoms with Gasteiger partial charge in [0.25, 0.3) is 5.91 Å². The molecule has 33 heavy (non-hydrogen) atoms. The van der Waals surface area contributed by atoms with Crippen molar-refractivity contribution >= 4 is 11.6 Å². The van der Waals surface area contributed by atoms with Crippen molar-refractivity contribution in [1.29, 1.82) is 0 Å². The molecule has 8 heteroatoms. The van der Waals surface area contributed by atoms with E-state index in [9.17, 15) is 4.79 Å². The zero-order chi connectivity index (χ0) is 22.9. The van der Waals surface area contributed by atoms with Crippen LogP contribution in [0, 0.1) is 13.8 Å². The number of benzene rings is 2. The van der Waals surface area contributed by atoms with Crippen LogP contribution in [0.4, 0.5) is 5.69 Å². The molecule has 2 aromatic carbocycles. The van der Waals surface area contributed by atoms with E-state index in [2.05, 4.69) is 20.6 Å². The van der Waals surface area contributed by atoms with Gasteiger partial charge in [0.2, 0.25) is 11.7 Å². The van der Waals surface area contributed by atoms with Gasteiger partial charge in [0.1, 0.15) is 5.75 Å². The summed E-state index contributed by atoms with van der Waals surface area (Å²) in [6.45, 7) is 3.78. The number of rotatable bonds is 6. The molecular weight excluding hydrogens is 418 g/mol. The summed E-state index contributed by atoms with van der Waals surface area (Å²) in [5, 5.41) is 11.6. The molecule has 168 valence electrons. The summed E-state index contributed by atoms with van der Waals surface area (Å²) in [5.41, 5.74) is 4.48. The van der Waals surface area contributed by atoms with Crippen LogP contribution in [0.1, 0.15) is 52.7 Å². The first-order valence-electron chi connectivity index (χ1n) is 11.0. The third-order valence-corrected chi connectivity index (χ3v) is 6.03. The van der Waals surface area contributed by atoms with Crippen molar-refractivity contribution < 1.29 is 14.1 Å². The van der Waals surface area contributed by atoms with Gasteiger partial charge in [-0.15, -0.1) is 0 Å². The van der Waals surface area contributed by atoms with Crippen molar-refractivity contribution in [1.82, 2.24) is 19.9 Å². The van der Waals surface area contributed by atoms with E-state index in [1.807, 2.05) is 56.3 Å². The Morgan fingerprint density at radius 1 is 1.15 bits per heavy atom. The summed E-state index contributed by atoms with van der Waals surface area (Å²) in [6.07, 6.45) is 5.18. The van der Waals surface area contributed by atoms with Gasteiger partial charge in [-0.25, -0.2) is 4.68 Å². The largest absolute Gasteiger partial charge is 0.495 e. The lowest BCUT2D eigenvalue weighted by atomic mass is 9.85. The molecule has 5 rings (SSSR count). The molecule has 1 aliphatic carbocycles. The molecule has 0 spiro atoms. The van der Waals surface area contributed by atoms with Crippen molar-refractivity contribution in [3.8, 4) is 22.8 Å². The number of methoxy groups -OCH3 is 1. The van der Waals surface area contributed by atoms with E-state index in [4.69, 9.17) is 9.26 Å². The zero-order valence-electron chi connectivity index (χ0n) is 18.8. The second-order valence-electron chi connectivity index (χ2n) is 8.36. The highest BCUT2D eigenvalue weighted by molar-refractivity contribution is 6.05. The fourth-order valence-electron chi connectivity index (χ4n) is 3.86. The number of carbonyl (C=O) groups is 1. The lowest BCUT2D eigenvalue weighted by Crippen LogP contribution is -2.13. The summed E-state index contributed by atoms with van der Waals surface area (Å²) in [5.74, 6) is 2.09. The maximum atomic E-state index is 12.9. The molecule has 1 aliphatic rings. The number of aryl methyl sites for hydroxylation is 2. The molecule has 1 N–H and O–H groups in total. The van der Waals surface area contributed by atoms with Crippen molar-refractivity contribution in [2.24, 2.45) is 0 Å². The summed E-state index contributed by atoms with van der Waals surface area (Å²) >= 11 is 0. The second kappa shape index (κ2) is 8.54. The Balaban J connectivity index is 1.34. The van der Waals surface area contributed by atoms with E-state index >= 15 is 0 Å². The van der Waals surface area contributed by atoms with Gasteiger partial charge in [-0.1, -0.05) is 17.6 Å². The molecule has 1 saturated carbocycles. The predicted molar refractivity (Wildman–Crippen MR) is 124 cm³/mol. The summed E-state index contributed by atoms with van der Waals surface area (Å²) in [7, 11) is 1.58. The maximum absolute atomic E-state index is 12.9. The first kappa shape index (κ1) is 20.9. The number of aromatic nitrogens is 4. The summed E-state index contributed by atoms with van der Waals surface area (Å²) in [6, 6.07) is 13.4. The Hall–Kier alpha value is -3.94. The number of nitrogens with zero attached hydrogens (tertiary/aromatic N) is 4. The van der Waals surface area contributed by atoms with Crippen molar-refractivity contribution in [2.45, 2.75) is 39.0 Å².